The Morgan fingerprint density at radius 3 is 2.33 bits per heavy atom. The fourth-order valence-corrected chi connectivity index (χ4v) is 1.47. The first-order valence-electron chi connectivity index (χ1n) is 6.69. The molecule has 2 N–H and O–H groups in total. The van der Waals surface area contributed by atoms with E-state index in [0.29, 0.717) is 6.04 Å². The number of anilines is 2. The Bertz CT molecular complexity index is 382. The van der Waals surface area contributed by atoms with Crippen molar-refractivity contribution >= 4 is 11.6 Å². The summed E-state index contributed by atoms with van der Waals surface area (Å²) in [6.07, 6.45) is 1.97. The second kappa shape index (κ2) is 6.03. The van der Waals surface area contributed by atoms with Crippen LogP contribution in [0.4, 0.5) is 11.6 Å². The number of nitrogens with zero attached hydrogens (tertiary/aromatic N) is 2. The molecule has 1 atom stereocenters. The number of hydrogen-bond acceptors (Lipinski definition) is 4. The maximum Gasteiger partial charge on any atom is 0.133 e. The zero-order valence-corrected chi connectivity index (χ0v) is 12.5. The Kier molecular flexibility index (Phi) is 4.93. The summed E-state index contributed by atoms with van der Waals surface area (Å²) in [7, 11) is 1.88. The molecule has 0 aliphatic heterocycles. The number of aromatic nitrogens is 2. The van der Waals surface area contributed by atoms with Crippen molar-refractivity contribution in [1.29, 1.82) is 0 Å². The summed E-state index contributed by atoms with van der Waals surface area (Å²) < 4.78 is 0. The average Bonchev–Trinajstić information content (AvgIpc) is 2.27. The predicted octanol–water partition coefficient (Wildman–Crippen LogP) is 3.32. The van der Waals surface area contributed by atoms with Crippen molar-refractivity contribution in [2.45, 2.75) is 53.5 Å². The third kappa shape index (κ3) is 4.17. The molecule has 0 saturated heterocycles. The Labute approximate surface area is 111 Å². The molecule has 1 unspecified atom stereocenters. The van der Waals surface area contributed by atoms with Crippen LogP contribution < -0.4 is 10.6 Å². The Balaban J connectivity index is 2.90. The topological polar surface area (TPSA) is 49.8 Å². The fraction of sp³-hybridized carbons (Fsp3) is 0.714. The lowest BCUT2D eigenvalue weighted by Crippen LogP contribution is -2.31. The molecule has 1 heterocycles. The first kappa shape index (κ1) is 14.7. The van der Waals surface area contributed by atoms with Crippen LogP contribution in [0.3, 0.4) is 0 Å². The minimum Gasteiger partial charge on any atom is -0.373 e. The van der Waals surface area contributed by atoms with Crippen LogP contribution in [-0.2, 0) is 6.42 Å². The summed E-state index contributed by atoms with van der Waals surface area (Å²) in [6, 6.07) is 2.31. The highest BCUT2D eigenvalue weighted by Gasteiger charge is 2.20. The van der Waals surface area contributed by atoms with Crippen LogP contribution in [0.5, 0.6) is 0 Å². The van der Waals surface area contributed by atoms with Crippen molar-refractivity contribution in [3.63, 3.8) is 0 Å². The summed E-state index contributed by atoms with van der Waals surface area (Å²) in [5.41, 5.74) is 0.204. The average molecular weight is 250 g/mol. The first-order valence-corrected chi connectivity index (χ1v) is 6.69. The van der Waals surface area contributed by atoms with E-state index in [9.17, 15) is 0 Å². The Morgan fingerprint density at radius 1 is 1.22 bits per heavy atom. The number of nitrogens with one attached hydrogen (secondary N) is 2. The lowest BCUT2D eigenvalue weighted by molar-refractivity contribution is 0.358. The molecule has 4 nitrogen and oxygen atoms in total. The Hall–Kier alpha value is -1.32. The summed E-state index contributed by atoms with van der Waals surface area (Å²) in [5, 5.41) is 6.55. The maximum atomic E-state index is 4.56. The minimum atomic E-state index is 0.204. The van der Waals surface area contributed by atoms with Gasteiger partial charge in [-0.1, -0.05) is 27.7 Å². The zero-order chi connectivity index (χ0) is 13.8. The molecule has 0 aromatic carbocycles. The molecule has 4 heteroatoms. The van der Waals surface area contributed by atoms with Crippen LogP contribution in [0.2, 0.25) is 0 Å². The summed E-state index contributed by atoms with van der Waals surface area (Å²) in [4.78, 5) is 9.01. The van der Waals surface area contributed by atoms with E-state index in [1.165, 1.54) is 0 Å². The highest BCUT2D eigenvalue weighted by atomic mass is 15.1. The number of rotatable bonds is 5. The van der Waals surface area contributed by atoms with Crippen molar-refractivity contribution in [3.05, 3.63) is 11.9 Å². The molecule has 0 spiro atoms. The lowest BCUT2D eigenvalue weighted by Gasteiger charge is -2.28. The summed E-state index contributed by atoms with van der Waals surface area (Å²) in [6.45, 7) is 11.0. The van der Waals surface area contributed by atoms with E-state index < -0.39 is 0 Å². The van der Waals surface area contributed by atoms with Crippen LogP contribution in [0.1, 0.15) is 46.9 Å². The normalized spacial score (nSPS) is 13.2. The van der Waals surface area contributed by atoms with Gasteiger partial charge < -0.3 is 10.6 Å². The van der Waals surface area contributed by atoms with Gasteiger partial charge in [-0.05, 0) is 18.8 Å². The quantitative estimate of drug-likeness (QED) is 0.841. The molecule has 0 amide bonds. The molecule has 1 aromatic rings. The minimum absolute atomic E-state index is 0.204. The number of aryl methyl sites for hydroxylation is 1. The molecule has 0 radical (unpaired) electrons. The molecule has 0 saturated carbocycles. The van der Waals surface area contributed by atoms with Gasteiger partial charge in [0.1, 0.15) is 17.5 Å². The van der Waals surface area contributed by atoms with E-state index in [-0.39, 0.29) is 5.41 Å². The van der Waals surface area contributed by atoms with Crippen LogP contribution in [-0.4, -0.2) is 23.1 Å². The van der Waals surface area contributed by atoms with Gasteiger partial charge >= 0.3 is 0 Å². The van der Waals surface area contributed by atoms with Crippen LogP contribution in [0.15, 0.2) is 6.07 Å². The van der Waals surface area contributed by atoms with Crippen LogP contribution in [0.25, 0.3) is 0 Å². The van der Waals surface area contributed by atoms with E-state index in [1.807, 2.05) is 13.1 Å². The number of hydrogen-bond donors (Lipinski definition) is 2. The van der Waals surface area contributed by atoms with Gasteiger partial charge in [-0.15, -0.1) is 0 Å². The van der Waals surface area contributed by atoms with E-state index >= 15 is 0 Å². The predicted molar refractivity (Wildman–Crippen MR) is 78.1 cm³/mol. The standard InChI is InChI=1S/C14H26N4/c1-7-8-11-17-12(15-6)9-13(18-11)16-10(2)14(3,4)5/h9-10H,7-8H2,1-6H3,(H2,15,16,17,18). The molecule has 18 heavy (non-hydrogen) atoms. The maximum absolute atomic E-state index is 4.56. The molecule has 0 fully saturated rings. The van der Waals surface area contributed by atoms with E-state index in [2.05, 4.69) is 55.2 Å². The van der Waals surface area contributed by atoms with Gasteiger partial charge in [0.25, 0.3) is 0 Å². The lowest BCUT2D eigenvalue weighted by atomic mass is 9.88. The third-order valence-electron chi connectivity index (χ3n) is 3.17. The molecule has 102 valence electrons. The first-order chi connectivity index (χ1) is 8.36. The highest BCUT2D eigenvalue weighted by molar-refractivity contribution is 5.47. The van der Waals surface area contributed by atoms with Crippen molar-refractivity contribution in [2.24, 2.45) is 5.41 Å². The molecule has 1 aromatic heterocycles. The third-order valence-corrected chi connectivity index (χ3v) is 3.17. The molecular weight excluding hydrogens is 224 g/mol. The Morgan fingerprint density at radius 2 is 1.83 bits per heavy atom. The van der Waals surface area contributed by atoms with Gasteiger partial charge in [-0.25, -0.2) is 9.97 Å². The SMILES string of the molecule is CCCc1nc(NC)cc(NC(C)C(C)(C)C)n1. The van der Waals surface area contributed by atoms with Gasteiger partial charge in [0.05, 0.1) is 0 Å². The van der Waals surface area contributed by atoms with Crippen LogP contribution in [0, 0.1) is 5.41 Å². The van der Waals surface area contributed by atoms with Gasteiger partial charge in [-0.2, -0.15) is 0 Å². The second-order valence-corrected chi connectivity index (χ2v) is 5.79. The molecular formula is C14H26N4. The van der Waals surface area contributed by atoms with Crippen molar-refractivity contribution in [1.82, 2.24) is 9.97 Å². The van der Waals surface area contributed by atoms with Crippen molar-refractivity contribution < 1.29 is 0 Å². The summed E-state index contributed by atoms with van der Waals surface area (Å²) >= 11 is 0. The monoisotopic (exact) mass is 250 g/mol. The van der Waals surface area contributed by atoms with Crippen molar-refractivity contribution in [3.8, 4) is 0 Å². The highest BCUT2D eigenvalue weighted by Crippen LogP contribution is 2.23. The van der Waals surface area contributed by atoms with Gasteiger partial charge in [0.15, 0.2) is 0 Å². The van der Waals surface area contributed by atoms with E-state index in [4.69, 9.17) is 0 Å². The summed E-state index contributed by atoms with van der Waals surface area (Å²) in [5.74, 6) is 2.67. The molecule has 1 rings (SSSR count). The van der Waals surface area contributed by atoms with Crippen LogP contribution >= 0.6 is 0 Å². The van der Waals surface area contributed by atoms with E-state index in [0.717, 1.165) is 30.3 Å². The second-order valence-electron chi connectivity index (χ2n) is 5.79. The van der Waals surface area contributed by atoms with E-state index in [1.54, 1.807) is 0 Å². The fourth-order valence-electron chi connectivity index (χ4n) is 1.47. The largest absolute Gasteiger partial charge is 0.373 e. The smallest absolute Gasteiger partial charge is 0.133 e. The zero-order valence-electron chi connectivity index (χ0n) is 12.5. The van der Waals surface area contributed by atoms with Gasteiger partial charge in [0, 0.05) is 25.6 Å². The molecule has 0 aliphatic carbocycles. The molecule has 0 aliphatic rings. The molecule has 0 bridgehead atoms. The van der Waals surface area contributed by atoms with Gasteiger partial charge in [-0.3, -0.25) is 0 Å². The van der Waals surface area contributed by atoms with Gasteiger partial charge in [0.2, 0.25) is 0 Å². The van der Waals surface area contributed by atoms with Crippen molar-refractivity contribution in [2.75, 3.05) is 17.7 Å².